The Morgan fingerprint density at radius 1 is 1.14 bits per heavy atom. The van der Waals surface area contributed by atoms with Crippen molar-refractivity contribution in [3.63, 3.8) is 0 Å². The molecule has 1 aromatic rings. The highest BCUT2D eigenvalue weighted by atomic mass is 16.3. The van der Waals surface area contributed by atoms with E-state index < -0.39 is 0 Å². The number of hydrogen-bond donors (Lipinski definition) is 2. The molecular weight excluding hydrogens is 260 g/mol. The summed E-state index contributed by atoms with van der Waals surface area (Å²) in [7, 11) is 0. The Morgan fingerprint density at radius 2 is 1.81 bits per heavy atom. The maximum absolute atomic E-state index is 10.3. The summed E-state index contributed by atoms with van der Waals surface area (Å²) in [6, 6.07) is 8.37. The molecule has 2 rings (SSSR count). The lowest BCUT2D eigenvalue weighted by molar-refractivity contribution is 0.158. The van der Waals surface area contributed by atoms with E-state index >= 15 is 0 Å². The van der Waals surface area contributed by atoms with Crippen LogP contribution in [0.2, 0.25) is 0 Å². The Bertz CT molecular complexity index is 430. The predicted octanol–water partition coefficient (Wildman–Crippen LogP) is 4.56. The molecule has 0 radical (unpaired) electrons. The molecule has 0 heterocycles. The average molecular weight is 290 g/mol. The lowest BCUT2D eigenvalue weighted by atomic mass is 9.88. The third-order valence-electron chi connectivity index (χ3n) is 4.60. The molecule has 1 fully saturated rings. The summed E-state index contributed by atoms with van der Waals surface area (Å²) >= 11 is 0. The Morgan fingerprint density at radius 3 is 2.33 bits per heavy atom. The van der Waals surface area contributed by atoms with Gasteiger partial charge in [0.15, 0.2) is 0 Å². The fourth-order valence-electron chi connectivity index (χ4n) is 3.24. The smallest absolute Gasteiger partial charge is 0.0790 e. The van der Waals surface area contributed by atoms with Crippen LogP contribution in [0.15, 0.2) is 24.3 Å². The predicted molar refractivity (Wildman–Crippen MR) is 87.3 cm³/mol. The van der Waals surface area contributed by atoms with Gasteiger partial charge in [0, 0.05) is 0 Å². The maximum Gasteiger partial charge on any atom is 0.0790 e. The van der Waals surface area contributed by atoms with Gasteiger partial charge in [-0.1, -0.05) is 51.5 Å². The SMILES string of the molecule is CC(C)(C)CCCC(O)c1ccc(C2CC[C@@H](O)C2)cc1. The Labute approximate surface area is 129 Å². The maximum atomic E-state index is 10.3. The summed E-state index contributed by atoms with van der Waals surface area (Å²) in [6.45, 7) is 6.72. The minimum atomic E-state index is -0.351. The van der Waals surface area contributed by atoms with Crippen LogP contribution in [0.1, 0.15) is 82.4 Å². The highest BCUT2D eigenvalue weighted by Crippen LogP contribution is 2.35. The van der Waals surface area contributed by atoms with E-state index in [1.54, 1.807) is 0 Å². The first-order valence-electron chi connectivity index (χ1n) is 8.31. The van der Waals surface area contributed by atoms with Crippen molar-refractivity contribution >= 4 is 0 Å². The lowest BCUT2D eigenvalue weighted by Gasteiger charge is -2.19. The fraction of sp³-hybridized carbons (Fsp3) is 0.684. The molecule has 2 unspecified atom stereocenters. The third-order valence-corrected chi connectivity index (χ3v) is 4.60. The molecule has 3 atom stereocenters. The molecule has 0 saturated heterocycles. The number of hydrogen-bond acceptors (Lipinski definition) is 2. The third kappa shape index (κ3) is 5.12. The Kier molecular flexibility index (Phi) is 5.45. The van der Waals surface area contributed by atoms with Crippen LogP contribution in [0.4, 0.5) is 0 Å². The molecule has 1 saturated carbocycles. The van der Waals surface area contributed by atoms with Gasteiger partial charge in [-0.3, -0.25) is 0 Å². The largest absolute Gasteiger partial charge is 0.393 e. The summed E-state index contributed by atoms with van der Waals surface area (Å²) < 4.78 is 0. The second-order valence-corrected chi connectivity index (χ2v) is 7.80. The Hall–Kier alpha value is -0.860. The normalized spacial score (nSPS) is 24.2. The van der Waals surface area contributed by atoms with Crippen molar-refractivity contribution in [3.05, 3.63) is 35.4 Å². The summed E-state index contributed by atoms with van der Waals surface area (Å²) in [5.41, 5.74) is 2.66. The molecule has 21 heavy (non-hydrogen) atoms. The highest BCUT2D eigenvalue weighted by Gasteiger charge is 2.24. The van der Waals surface area contributed by atoms with E-state index in [0.717, 1.165) is 44.1 Å². The van der Waals surface area contributed by atoms with Crippen LogP contribution < -0.4 is 0 Å². The van der Waals surface area contributed by atoms with Gasteiger partial charge in [-0.15, -0.1) is 0 Å². The minimum absolute atomic E-state index is 0.127. The van der Waals surface area contributed by atoms with Crippen LogP contribution in [0, 0.1) is 5.41 Å². The van der Waals surface area contributed by atoms with Gasteiger partial charge in [0.1, 0.15) is 0 Å². The van der Waals surface area contributed by atoms with Crippen LogP contribution in [0.25, 0.3) is 0 Å². The molecule has 118 valence electrons. The molecule has 1 aromatic carbocycles. The topological polar surface area (TPSA) is 40.5 Å². The lowest BCUT2D eigenvalue weighted by Crippen LogP contribution is -2.06. The van der Waals surface area contributed by atoms with Gasteiger partial charge in [0.25, 0.3) is 0 Å². The van der Waals surface area contributed by atoms with Crippen LogP contribution >= 0.6 is 0 Å². The van der Waals surface area contributed by atoms with Crippen LogP contribution in [-0.4, -0.2) is 16.3 Å². The first-order valence-corrected chi connectivity index (χ1v) is 8.31. The number of benzene rings is 1. The summed E-state index contributed by atoms with van der Waals surface area (Å²) in [6.07, 6.45) is 5.43. The summed E-state index contributed by atoms with van der Waals surface area (Å²) in [4.78, 5) is 0. The van der Waals surface area contributed by atoms with E-state index in [1.165, 1.54) is 5.56 Å². The quantitative estimate of drug-likeness (QED) is 0.834. The fourth-order valence-corrected chi connectivity index (χ4v) is 3.24. The van der Waals surface area contributed by atoms with Crippen LogP contribution in [-0.2, 0) is 0 Å². The van der Waals surface area contributed by atoms with Gasteiger partial charge < -0.3 is 10.2 Å². The second-order valence-electron chi connectivity index (χ2n) is 7.80. The van der Waals surface area contributed by atoms with E-state index in [2.05, 4.69) is 45.0 Å². The van der Waals surface area contributed by atoms with Gasteiger partial charge in [0.05, 0.1) is 12.2 Å². The zero-order valence-corrected chi connectivity index (χ0v) is 13.7. The molecular formula is C19H30O2. The summed E-state index contributed by atoms with van der Waals surface area (Å²) in [5.74, 6) is 0.493. The molecule has 0 aliphatic heterocycles. The van der Waals surface area contributed by atoms with Crippen molar-refractivity contribution in [2.75, 3.05) is 0 Å². The van der Waals surface area contributed by atoms with Gasteiger partial charge in [0.2, 0.25) is 0 Å². The first-order chi connectivity index (χ1) is 9.85. The monoisotopic (exact) mass is 290 g/mol. The molecule has 0 bridgehead atoms. The molecule has 0 aromatic heterocycles. The zero-order valence-electron chi connectivity index (χ0n) is 13.7. The van der Waals surface area contributed by atoms with Gasteiger partial charge in [-0.25, -0.2) is 0 Å². The number of aliphatic hydroxyl groups is 2. The van der Waals surface area contributed by atoms with E-state index in [4.69, 9.17) is 0 Å². The molecule has 2 N–H and O–H groups in total. The van der Waals surface area contributed by atoms with Crippen molar-refractivity contribution < 1.29 is 10.2 Å². The second kappa shape index (κ2) is 6.93. The van der Waals surface area contributed by atoms with E-state index in [-0.39, 0.29) is 12.2 Å². The number of rotatable bonds is 5. The van der Waals surface area contributed by atoms with Crippen LogP contribution in [0.5, 0.6) is 0 Å². The van der Waals surface area contributed by atoms with Crippen molar-refractivity contribution in [2.24, 2.45) is 5.41 Å². The van der Waals surface area contributed by atoms with E-state index in [0.29, 0.717) is 11.3 Å². The van der Waals surface area contributed by atoms with Gasteiger partial charge >= 0.3 is 0 Å². The van der Waals surface area contributed by atoms with Crippen molar-refractivity contribution in [2.45, 2.75) is 77.4 Å². The molecule has 1 aliphatic rings. The zero-order chi connectivity index (χ0) is 15.5. The van der Waals surface area contributed by atoms with Crippen molar-refractivity contribution in [3.8, 4) is 0 Å². The molecule has 1 aliphatic carbocycles. The van der Waals surface area contributed by atoms with Gasteiger partial charge in [-0.05, 0) is 54.6 Å². The van der Waals surface area contributed by atoms with Crippen molar-refractivity contribution in [1.82, 2.24) is 0 Å². The van der Waals surface area contributed by atoms with Gasteiger partial charge in [-0.2, -0.15) is 0 Å². The standard InChI is InChI=1S/C19H30O2/c1-19(2,3)12-4-5-18(21)15-8-6-14(7-9-15)16-10-11-17(20)13-16/h6-9,16-18,20-21H,4-5,10-13H2,1-3H3/t16?,17-,18?/m1/s1. The highest BCUT2D eigenvalue weighted by molar-refractivity contribution is 5.27. The van der Waals surface area contributed by atoms with Crippen LogP contribution in [0.3, 0.4) is 0 Å². The van der Waals surface area contributed by atoms with E-state index in [9.17, 15) is 10.2 Å². The van der Waals surface area contributed by atoms with Crippen molar-refractivity contribution in [1.29, 1.82) is 0 Å². The molecule has 0 amide bonds. The van der Waals surface area contributed by atoms with E-state index in [1.807, 2.05) is 0 Å². The summed E-state index contributed by atoms with van der Waals surface area (Å²) in [5, 5.41) is 19.9. The molecule has 2 nitrogen and oxygen atoms in total. The first kappa shape index (κ1) is 16.5. The molecule has 2 heteroatoms. The Balaban J connectivity index is 1.86. The number of aliphatic hydroxyl groups excluding tert-OH is 2. The molecule has 0 spiro atoms. The average Bonchev–Trinajstić information content (AvgIpc) is 2.84. The minimum Gasteiger partial charge on any atom is -0.393 e.